The highest BCUT2D eigenvalue weighted by Crippen LogP contribution is 2.27. The van der Waals surface area contributed by atoms with Crippen LogP contribution in [0.4, 0.5) is 0 Å². The highest BCUT2D eigenvalue weighted by Gasteiger charge is 2.24. The van der Waals surface area contributed by atoms with Gasteiger partial charge in [-0.1, -0.05) is 37.0 Å². The third kappa shape index (κ3) is 2.69. The minimum absolute atomic E-state index is 0.0605. The number of halogens is 2. The van der Waals surface area contributed by atoms with Crippen molar-refractivity contribution in [3.63, 3.8) is 0 Å². The lowest BCUT2D eigenvalue weighted by atomic mass is 10.4. The summed E-state index contributed by atoms with van der Waals surface area (Å²) in [6.07, 6.45) is 0. The highest BCUT2D eigenvalue weighted by molar-refractivity contribution is 7.89. The molecular weight excluding hydrogens is 269 g/mol. The minimum atomic E-state index is -3.54. The van der Waals surface area contributed by atoms with Gasteiger partial charge in [-0.25, -0.2) is 8.42 Å². The average molecular weight is 282 g/mol. The second-order valence-electron chi connectivity index (χ2n) is 3.16. The zero-order valence-electron chi connectivity index (χ0n) is 9.07. The summed E-state index contributed by atoms with van der Waals surface area (Å²) in [6.45, 7) is 4.36. The van der Waals surface area contributed by atoms with Crippen molar-refractivity contribution in [2.75, 3.05) is 13.1 Å². The summed E-state index contributed by atoms with van der Waals surface area (Å²) in [7, 11) is -3.54. The normalized spacial score (nSPS) is 12.1. The summed E-state index contributed by atoms with van der Waals surface area (Å²) >= 11 is 11.6. The topological polar surface area (TPSA) is 37.4 Å². The average Bonchev–Trinajstić information content (AvgIpc) is 2.23. The number of sulfonamides is 1. The fourth-order valence-corrected chi connectivity index (χ4v) is 3.57. The van der Waals surface area contributed by atoms with Gasteiger partial charge in [0.2, 0.25) is 10.0 Å². The molecule has 0 unspecified atom stereocenters. The van der Waals surface area contributed by atoms with Crippen molar-refractivity contribution >= 4 is 33.2 Å². The van der Waals surface area contributed by atoms with Crippen LogP contribution in [0.5, 0.6) is 0 Å². The third-order valence-electron chi connectivity index (χ3n) is 2.22. The molecule has 0 N–H and O–H groups in total. The Balaban J connectivity index is 3.31. The standard InChI is InChI=1S/C10H13Cl2NO2S/c1-3-13(4-2)16(14,15)10-7-8(11)5-6-9(10)12/h5-7H,3-4H2,1-2H3. The van der Waals surface area contributed by atoms with Gasteiger partial charge in [-0.3, -0.25) is 0 Å². The minimum Gasteiger partial charge on any atom is -0.207 e. The van der Waals surface area contributed by atoms with Crippen molar-refractivity contribution in [3.05, 3.63) is 28.2 Å². The van der Waals surface area contributed by atoms with Crippen LogP contribution in [-0.4, -0.2) is 25.8 Å². The van der Waals surface area contributed by atoms with Crippen molar-refractivity contribution in [2.24, 2.45) is 0 Å². The first-order valence-corrected chi connectivity index (χ1v) is 7.08. The Kier molecular flexibility index (Phi) is 4.62. The van der Waals surface area contributed by atoms with Crippen molar-refractivity contribution in [1.29, 1.82) is 0 Å². The van der Waals surface area contributed by atoms with E-state index in [1.165, 1.54) is 16.4 Å². The fourth-order valence-electron chi connectivity index (χ4n) is 1.38. The van der Waals surface area contributed by atoms with Gasteiger partial charge in [-0.05, 0) is 18.2 Å². The molecule has 0 amide bonds. The Morgan fingerprint density at radius 3 is 2.25 bits per heavy atom. The first-order chi connectivity index (χ1) is 7.43. The molecule has 90 valence electrons. The van der Waals surface area contributed by atoms with Gasteiger partial charge in [-0.2, -0.15) is 4.31 Å². The summed E-state index contributed by atoms with van der Waals surface area (Å²) in [5.74, 6) is 0. The van der Waals surface area contributed by atoms with Crippen molar-refractivity contribution in [1.82, 2.24) is 4.31 Å². The van der Waals surface area contributed by atoms with E-state index in [2.05, 4.69) is 0 Å². The largest absolute Gasteiger partial charge is 0.244 e. The van der Waals surface area contributed by atoms with Gasteiger partial charge in [0, 0.05) is 18.1 Å². The van der Waals surface area contributed by atoms with Crippen LogP contribution in [0.25, 0.3) is 0 Å². The van der Waals surface area contributed by atoms with E-state index in [1.54, 1.807) is 19.9 Å². The van der Waals surface area contributed by atoms with Gasteiger partial charge in [0.1, 0.15) is 4.90 Å². The van der Waals surface area contributed by atoms with E-state index in [4.69, 9.17) is 23.2 Å². The third-order valence-corrected chi connectivity index (χ3v) is 4.98. The molecule has 0 aliphatic carbocycles. The molecule has 6 heteroatoms. The zero-order chi connectivity index (χ0) is 12.3. The molecule has 0 aromatic heterocycles. The number of hydrogen-bond acceptors (Lipinski definition) is 2. The van der Waals surface area contributed by atoms with Gasteiger partial charge >= 0.3 is 0 Å². The number of hydrogen-bond donors (Lipinski definition) is 0. The number of rotatable bonds is 4. The Bertz CT molecular complexity index is 470. The van der Waals surface area contributed by atoms with Crippen molar-refractivity contribution in [3.8, 4) is 0 Å². The second-order valence-corrected chi connectivity index (χ2v) is 5.91. The highest BCUT2D eigenvalue weighted by atomic mass is 35.5. The molecular formula is C10H13Cl2NO2S. The van der Waals surface area contributed by atoms with Crippen LogP contribution in [0.1, 0.15) is 13.8 Å². The van der Waals surface area contributed by atoms with E-state index in [1.807, 2.05) is 0 Å². The van der Waals surface area contributed by atoms with Crippen LogP contribution in [0.15, 0.2) is 23.1 Å². The predicted molar refractivity (Wildman–Crippen MR) is 66.6 cm³/mol. The Morgan fingerprint density at radius 2 is 1.75 bits per heavy atom. The smallest absolute Gasteiger partial charge is 0.207 e. The monoisotopic (exact) mass is 281 g/mol. The summed E-state index contributed by atoms with van der Waals surface area (Å²) in [5.41, 5.74) is 0. The van der Waals surface area contributed by atoms with Crippen LogP contribution in [0, 0.1) is 0 Å². The SMILES string of the molecule is CCN(CC)S(=O)(=O)c1cc(Cl)ccc1Cl. The molecule has 1 aromatic rings. The molecule has 0 radical (unpaired) electrons. The first-order valence-electron chi connectivity index (χ1n) is 4.88. The lowest BCUT2D eigenvalue weighted by Gasteiger charge is -2.19. The molecule has 0 spiro atoms. The van der Waals surface area contributed by atoms with Crippen LogP contribution in [-0.2, 0) is 10.0 Å². The first kappa shape index (κ1) is 13.8. The van der Waals surface area contributed by atoms with E-state index in [0.29, 0.717) is 18.1 Å². The molecule has 0 aliphatic rings. The Labute approximate surface area is 106 Å². The molecule has 0 atom stereocenters. The molecule has 0 saturated heterocycles. The van der Waals surface area contributed by atoms with Gasteiger partial charge in [0.15, 0.2) is 0 Å². The van der Waals surface area contributed by atoms with E-state index >= 15 is 0 Å². The maximum absolute atomic E-state index is 12.2. The number of benzene rings is 1. The molecule has 1 aromatic carbocycles. The van der Waals surface area contributed by atoms with Gasteiger partial charge in [-0.15, -0.1) is 0 Å². The Morgan fingerprint density at radius 1 is 1.19 bits per heavy atom. The van der Waals surface area contributed by atoms with Crippen molar-refractivity contribution < 1.29 is 8.42 Å². The molecule has 0 heterocycles. The lowest BCUT2D eigenvalue weighted by molar-refractivity contribution is 0.445. The molecule has 0 aliphatic heterocycles. The van der Waals surface area contributed by atoms with E-state index < -0.39 is 10.0 Å². The number of nitrogens with zero attached hydrogens (tertiary/aromatic N) is 1. The van der Waals surface area contributed by atoms with Crippen LogP contribution in [0.2, 0.25) is 10.0 Å². The van der Waals surface area contributed by atoms with E-state index in [9.17, 15) is 8.42 Å². The Hall–Kier alpha value is -0.290. The van der Waals surface area contributed by atoms with Crippen LogP contribution in [0.3, 0.4) is 0 Å². The maximum Gasteiger partial charge on any atom is 0.244 e. The van der Waals surface area contributed by atoms with Gasteiger partial charge < -0.3 is 0 Å². The predicted octanol–water partition coefficient (Wildman–Crippen LogP) is 3.02. The summed E-state index contributed by atoms with van der Waals surface area (Å²) < 4.78 is 25.6. The molecule has 3 nitrogen and oxygen atoms in total. The molecule has 1 rings (SSSR count). The maximum atomic E-state index is 12.2. The summed E-state index contributed by atoms with van der Waals surface area (Å²) in [4.78, 5) is 0.0605. The van der Waals surface area contributed by atoms with Crippen molar-refractivity contribution in [2.45, 2.75) is 18.7 Å². The zero-order valence-corrected chi connectivity index (χ0v) is 11.4. The van der Waals surface area contributed by atoms with Crippen LogP contribution < -0.4 is 0 Å². The quantitative estimate of drug-likeness (QED) is 0.851. The summed E-state index contributed by atoms with van der Waals surface area (Å²) in [6, 6.07) is 4.42. The van der Waals surface area contributed by atoms with Gasteiger partial charge in [0.05, 0.1) is 5.02 Å². The second kappa shape index (κ2) is 5.36. The van der Waals surface area contributed by atoms with E-state index in [0.717, 1.165) is 0 Å². The van der Waals surface area contributed by atoms with Crippen LogP contribution >= 0.6 is 23.2 Å². The molecule has 0 fully saturated rings. The molecule has 16 heavy (non-hydrogen) atoms. The fraction of sp³-hybridized carbons (Fsp3) is 0.400. The molecule has 0 saturated carbocycles. The van der Waals surface area contributed by atoms with Gasteiger partial charge in [0.25, 0.3) is 0 Å². The lowest BCUT2D eigenvalue weighted by Crippen LogP contribution is -2.30. The van der Waals surface area contributed by atoms with E-state index in [-0.39, 0.29) is 9.92 Å². The summed E-state index contributed by atoms with van der Waals surface area (Å²) in [5, 5.41) is 0.548. The molecule has 0 bridgehead atoms.